The quantitative estimate of drug-likeness (QED) is 0.710. The lowest BCUT2D eigenvalue weighted by Crippen LogP contribution is -2.30. The average Bonchev–Trinajstić information content (AvgIpc) is 3.40. The molecule has 0 spiro atoms. The van der Waals surface area contributed by atoms with Crippen LogP contribution in [-0.4, -0.2) is 27.7 Å². The van der Waals surface area contributed by atoms with Crippen LogP contribution in [0.4, 0.5) is 26.2 Å². The Balaban J connectivity index is 1.87. The first kappa shape index (κ1) is 17.5. The molecule has 25 heavy (non-hydrogen) atoms. The molecule has 3 N–H and O–H groups in total. The molecule has 0 aliphatic heterocycles. The standard InChI is InChI=1S/C18H22F2N4O/c1-10(2)16(9-25)23-18-22-15(11-3-4-11)8-17(24-18)21-14-6-5-12(19)7-13(14)20/h5-8,10-11,16,25H,3-4,9H2,1-2H3,(H2,21,22,23,24)/t16-/m0/s1. The number of anilines is 3. The summed E-state index contributed by atoms with van der Waals surface area (Å²) in [7, 11) is 0. The summed E-state index contributed by atoms with van der Waals surface area (Å²) in [5.41, 5.74) is 1.03. The summed E-state index contributed by atoms with van der Waals surface area (Å²) in [5.74, 6) is 0.0939. The van der Waals surface area contributed by atoms with Crippen LogP contribution in [0.3, 0.4) is 0 Å². The number of rotatable bonds is 7. The van der Waals surface area contributed by atoms with E-state index in [1.807, 2.05) is 13.8 Å². The molecule has 3 rings (SSSR count). The fourth-order valence-corrected chi connectivity index (χ4v) is 2.50. The molecule has 2 aromatic rings. The highest BCUT2D eigenvalue weighted by atomic mass is 19.1. The number of nitrogens with one attached hydrogen (secondary N) is 2. The Morgan fingerprint density at radius 3 is 2.56 bits per heavy atom. The number of aromatic nitrogens is 2. The lowest BCUT2D eigenvalue weighted by Gasteiger charge is -2.20. The minimum Gasteiger partial charge on any atom is -0.394 e. The maximum atomic E-state index is 13.9. The second kappa shape index (κ2) is 7.31. The zero-order valence-corrected chi connectivity index (χ0v) is 14.3. The van der Waals surface area contributed by atoms with Gasteiger partial charge in [-0.05, 0) is 30.9 Å². The summed E-state index contributed by atoms with van der Waals surface area (Å²) < 4.78 is 26.9. The molecule has 134 valence electrons. The van der Waals surface area contributed by atoms with Gasteiger partial charge in [-0.15, -0.1) is 0 Å². The molecule has 1 saturated carbocycles. The van der Waals surface area contributed by atoms with Crippen molar-refractivity contribution in [1.82, 2.24) is 9.97 Å². The molecular formula is C18H22F2N4O. The van der Waals surface area contributed by atoms with Crippen molar-refractivity contribution in [3.8, 4) is 0 Å². The first-order valence-electron chi connectivity index (χ1n) is 8.44. The Bertz CT molecular complexity index is 750. The zero-order valence-electron chi connectivity index (χ0n) is 14.3. The Kier molecular flexibility index (Phi) is 5.13. The number of aliphatic hydroxyl groups excluding tert-OH is 1. The van der Waals surface area contributed by atoms with Crippen molar-refractivity contribution in [3.63, 3.8) is 0 Å². The van der Waals surface area contributed by atoms with Crippen LogP contribution in [0.5, 0.6) is 0 Å². The van der Waals surface area contributed by atoms with Crippen LogP contribution in [0.2, 0.25) is 0 Å². The minimum absolute atomic E-state index is 0.0377. The largest absolute Gasteiger partial charge is 0.394 e. The van der Waals surface area contributed by atoms with Gasteiger partial charge in [-0.2, -0.15) is 4.98 Å². The fraction of sp³-hybridized carbons (Fsp3) is 0.444. The molecule has 5 nitrogen and oxygen atoms in total. The molecule has 0 bridgehead atoms. The van der Waals surface area contributed by atoms with E-state index in [-0.39, 0.29) is 24.3 Å². The van der Waals surface area contributed by atoms with Gasteiger partial charge in [-0.3, -0.25) is 0 Å². The highest BCUT2D eigenvalue weighted by Gasteiger charge is 2.27. The molecule has 0 unspecified atom stereocenters. The molecule has 0 radical (unpaired) electrons. The summed E-state index contributed by atoms with van der Waals surface area (Å²) in [4.78, 5) is 8.88. The SMILES string of the molecule is CC(C)[C@H](CO)Nc1nc(Nc2ccc(F)cc2F)cc(C2CC2)n1. The summed E-state index contributed by atoms with van der Waals surface area (Å²) >= 11 is 0. The van der Waals surface area contributed by atoms with E-state index in [4.69, 9.17) is 0 Å². The Labute approximate surface area is 145 Å². The second-order valence-electron chi connectivity index (χ2n) is 6.70. The van der Waals surface area contributed by atoms with Gasteiger partial charge in [0.15, 0.2) is 0 Å². The highest BCUT2D eigenvalue weighted by Crippen LogP contribution is 2.40. The van der Waals surface area contributed by atoms with E-state index >= 15 is 0 Å². The van der Waals surface area contributed by atoms with Gasteiger partial charge < -0.3 is 15.7 Å². The van der Waals surface area contributed by atoms with Crippen LogP contribution in [0.25, 0.3) is 0 Å². The minimum atomic E-state index is -0.684. The Morgan fingerprint density at radius 1 is 1.20 bits per heavy atom. The molecule has 0 amide bonds. The van der Waals surface area contributed by atoms with E-state index < -0.39 is 11.6 Å². The predicted octanol–water partition coefficient (Wildman–Crippen LogP) is 3.80. The third-order valence-corrected chi connectivity index (χ3v) is 4.25. The monoisotopic (exact) mass is 348 g/mol. The van der Waals surface area contributed by atoms with Crippen LogP contribution in [-0.2, 0) is 0 Å². The molecule has 1 aromatic carbocycles. The van der Waals surface area contributed by atoms with Gasteiger partial charge in [0.25, 0.3) is 0 Å². The average molecular weight is 348 g/mol. The molecule has 1 atom stereocenters. The van der Waals surface area contributed by atoms with Gasteiger partial charge in [0.1, 0.15) is 17.5 Å². The Hall–Kier alpha value is -2.28. The van der Waals surface area contributed by atoms with Gasteiger partial charge >= 0.3 is 0 Å². The van der Waals surface area contributed by atoms with Crippen LogP contribution < -0.4 is 10.6 Å². The van der Waals surface area contributed by atoms with E-state index in [9.17, 15) is 13.9 Å². The first-order chi connectivity index (χ1) is 12.0. The van der Waals surface area contributed by atoms with Crippen molar-refractivity contribution in [2.75, 3.05) is 17.2 Å². The summed E-state index contributed by atoms with van der Waals surface area (Å²) in [6.45, 7) is 3.95. The summed E-state index contributed by atoms with van der Waals surface area (Å²) in [5, 5.41) is 15.5. The number of nitrogens with zero attached hydrogens (tertiary/aromatic N) is 2. The third-order valence-electron chi connectivity index (χ3n) is 4.25. The fourth-order valence-electron chi connectivity index (χ4n) is 2.50. The van der Waals surface area contributed by atoms with Crippen LogP contribution in [0.15, 0.2) is 24.3 Å². The molecule has 0 saturated heterocycles. The van der Waals surface area contributed by atoms with Crippen molar-refractivity contribution in [2.45, 2.75) is 38.6 Å². The van der Waals surface area contributed by atoms with Crippen molar-refractivity contribution in [1.29, 1.82) is 0 Å². The normalized spacial score (nSPS) is 15.3. The third kappa shape index (κ3) is 4.42. The summed E-state index contributed by atoms with van der Waals surface area (Å²) in [6.07, 6.45) is 2.13. The van der Waals surface area contributed by atoms with Gasteiger partial charge in [0, 0.05) is 18.1 Å². The predicted molar refractivity (Wildman–Crippen MR) is 93.0 cm³/mol. The molecule has 1 aromatic heterocycles. The molecule has 1 aliphatic carbocycles. The van der Waals surface area contributed by atoms with E-state index in [2.05, 4.69) is 20.6 Å². The number of hydrogen-bond donors (Lipinski definition) is 3. The van der Waals surface area contributed by atoms with Crippen molar-refractivity contribution < 1.29 is 13.9 Å². The number of benzene rings is 1. The van der Waals surface area contributed by atoms with E-state index in [0.717, 1.165) is 24.6 Å². The summed E-state index contributed by atoms with van der Waals surface area (Å²) in [6, 6.07) is 4.96. The molecule has 1 aliphatic rings. The van der Waals surface area contributed by atoms with Crippen LogP contribution >= 0.6 is 0 Å². The zero-order chi connectivity index (χ0) is 18.0. The number of hydrogen-bond acceptors (Lipinski definition) is 5. The number of halogens is 2. The van der Waals surface area contributed by atoms with E-state index in [0.29, 0.717) is 17.7 Å². The van der Waals surface area contributed by atoms with Crippen LogP contribution in [0, 0.1) is 17.6 Å². The molecule has 7 heteroatoms. The molecular weight excluding hydrogens is 326 g/mol. The van der Waals surface area contributed by atoms with Crippen molar-refractivity contribution in [3.05, 3.63) is 41.6 Å². The lowest BCUT2D eigenvalue weighted by molar-refractivity contribution is 0.248. The van der Waals surface area contributed by atoms with Gasteiger partial charge in [0.2, 0.25) is 5.95 Å². The smallest absolute Gasteiger partial charge is 0.225 e. The maximum Gasteiger partial charge on any atom is 0.225 e. The van der Waals surface area contributed by atoms with Gasteiger partial charge in [0.05, 0.1) is 24.0 Å². The van der Waals surface area contributed by atoms with Crippen molar-refractivity contribution in [2.24, 2.45) is 5.92 Å². The first-order valence-corrected chi connectivity index (χ1v) is 8.44. The topological polar surface area (TPSA) is 70.1 Å². The Morgan fingerprint density at radius 2 is 1.96 bits per heavy atom. The van der Waals surface area contributed by atoms with Gasteiger partial charge in [-0.25, -0.2) is 13.8 Å². The number of aliphatic hydroxyl groups is 1. The molecule has 1 heterocycles. The molecule has 1 fully saturated rings. The van der Waals surface area contributed by atoms with Crippen molar-refractivity contribution >= 4 is 17.5 Å². The lowest BCUT2D eigenvalue weighted by atomic mass is 10.1. The second-order valence-corrected chi connectivity index (χ2v) is 6.70. The highest BCUT2D eigenvalue weighted by molar-refractivity contribution is 5.58. The van der Waals surface area contributed by atoms with E-state index in [1.54, 1.807) is 6.07 Å². The maximum absolute atomic E-state index is 13.9. The van der Waals surface area contributed by atoms with E-state index in [1.165, 1.54) is 12.1 Å². The van der Waals surface area contributed by atoms with Crippen LogP contribution in [0.1, 0.15) is 38.3 Å². The van der Waals surface area contributed by atoms with Gasteiger partial charge in [-0.1, -0.05) is 13.8 Å².